The molecule has 2 aliphatic rings. The van der Waals surface area contributed by atoms with Crippen LogP contribution in [0.4, 0.5) is 4.39 Å². The number of aromatic nitrogens is 1. The Balaban J connectivity index is 1.69. The highest BCUT2D eigenvalue weighted by Gasteiger charge is 2.47. The molecule has 0 bridgehead atoms. The van der Waals surface area contributed by atoms with Crippen molar-refractivity contribution in [3.63, 3.8) is 0 Å². The van der Waals surface area contributed by atoms with E-state index in [1.54, 1.807) is 6.07 Å². The van der Waals surface area contributed by atoms with Crippen LogP contribution in [0, 0.1) is 34.4 Å². The summed E-state index contributed by atoms with van der Waals surface area (Å²) in [6.45, 7) is 1.21. The van der Waals surface area contributed by atoms with Crippen LogP contribution in [-0.4, -0.2) is 36.2 Å². The quantitative estimate of drug-likeness (QED) is 0.765. The number of halogens is 1. The van der Waals surface area contributed by atoms with Gasteiger partial charge in [0.15, 0.2) is 5.60 Å². The molecular formula is C22H20FN5O3. The normalized spacial score (nSPS) is 20.7. The van der Waals surface area contributed by atoms with Crippen molar-refractivity contribution >= 4 is 5.91 Å². The van der Waals surface area contributed by atoms with Crippen LogP contribution in [0.3, 0.4) is 0 Å². The van der Waals surface area contributed by atoms with E-state index in [2.05, 4.69) is 16.4 Å². The molecule has 8 nitrogen and oxygen atoms in total. The van der Waals surface area contributed by atoms with Crippen molar-refractivity contribution in [2.24, 2.45) is 11.7 Å². The van der Waals surface area contributed by atoms with Gasteiger partial charge in [-0.05, 0) is 43.1 Å². The van der Waals surface area contributed by atoms with Crippen molar-refractivity contribution in [2.45, 2.75) is 25.0 Å². The molecule has 1 fully saturated rings. The number of nitrogens with one attached hydrogen (secondary N) is 1. The molecule has 0 radical (unpaired) electrons. The van der Waals surface area contributed by atoms with Crippen LogP contribution in [0.15, 0.2) is 24.4 Å². The molecule has 1 aromatic heterocycles. The average Bonchev–Trinajstić information content (AvgIpc) is 3.04. The Kier molecular flexibility index (Phi) is 5.55. The number of nitriles is 2. The first-order valence-corrected chi connectivity index (χ1v) is 9.87. The van der Waals surface area contributed by atoms with Crippen molar-refractivity contribution in [1.82, 2.24) is 10.3 Å². The molecule has 2 aromatic rings. The van der Waals surface area contributed by atoms with Gasteiger partial charge in [-0.25, -0.2) is 9.37 Å². The third kappa shape index (κ3) is 3.70. The molecule has 1 amide bonds. The number of rotatable bonds is 4. The van der Waals surface area contributed by atoms with Crippen LogP contribution >= 0.6 is 0 Å². The molecule has 0 spiro atoms. The first-order chi connectivity index (χ1) is 15.0. The zero-order valence-electron chi connectivity index (χ0n) is 16.7. The predicted molar refractivity (Wildman–Crippen MR) is 107 cm³/mol. The highest BCUT2D eigenvalue weighted by molar-refractivity contribution is 5.85. The standard InChI is InChI=1S/C22H20FN5O3/c23-19-7-17-18-10-28-16(9-25)5-14(18)11-30-20(17)6-13(19)4-15(8-24)22(21(26)29)12-27-2-1-3-31-22/h5-7,10,15,27H,1-4,11-12H2,(H2,26,29)/t15-,22?/m0/s1. The Morgan fingerprint density at radius 3 is 2.94 bits per heavy atom. The summed E-state index contributed by atoms with van der Waals surface area (Å²) in [6.07, 6.45) is 2.14. The fourth-order valence-corrected chi connectivity index (χ4v) is 4.02. The van der Waals surface area contributed by atoms with Crippen molar-refractivity contribution in [3.05, 3.63) is 47.0 Å². The van der Waals surface area contributed by atoms with Gasteiger partial charge in [-0.15, -0.1) is 0 Å². The minimum Gasteiger partial charge on any atom is -0.488 e. The van der Waals surface area contributed by atoms with E-state index >= 15 is 4.39 Å². The van der Waals surface area contributed by atoms with Gasteiger partial charge in [0, 0.05) is 36.0 Å². The molecule has 4 rings (SSSR count). The van der Waals surface area contributed by atoms with Gasteiger partial charge in [-0.1, -0.05) is 0 Å². The molecule has 1 saturated heterocycles. The van der Waals surface area contributed by atoms with E-state index in [1.165, 1.54) is 18.3 Å². The Morgan fingerprint density at radius 2 is 2.19 bits per heavy atom. The van der Waals surface area contributed by atoms with E-state index in [0.29, 0.717) is 29.8 Å². The first-order valence-electron chi connectivity index (χ1n) is 9.87. The summed E-state index contributed by atoms with van der Waals surface area (Å²) in [4.78, 5) is 16.3. The summed E-state index contributed by atoms with van der Waals surface area (Å²) in [5.41, 5.74) is 6.51. The van der Waals surface area contributed by atoms with Crippen molar-refractivity contribution in [2.75, 3.05) is 19.7 Å². The molecule has 1 unspecified atom stereocenters. The predicted octanol–water partition coefficient (Wildman–Crippen LogP) is 1.57. The van der Waals surface area contributed by atoms with Gasteiger partial charge in [0.05, 0.1) is 12.0 Å². The van der Waals surface area contributed by atoms with Gasteiger partial charge in [0.1, 0.15) is 29.9 Å². The molecule has 3 heterocycles. The Hall–Kier alpha value is -3.53. The highest BCUT2D eigenvalue weighted by atomic mass is 19.1. The number of pyridine rings is 1. The van der Waals surface area contributed by atoms with Gasteiger partial charge < -0.3 is 20.5 Å². The molecule has 2 aliphatic heterocycles. The third-order valence-corrected chi connectivity index (χ3v) is 5.73. The molecular weight excluding hydrogens is 401 g/mol. The lowest BCUT2D eigenvalue weighted by Crippen LogP contribution is -2.57. The second-order valence-corrected chi connectivity index (χ2v) is 7.59. The lowest BCUT2D eigenvalue weighted by molar-refractivity contribution is -0.147. The number of nitrogens with two attached hydrogens (primary N) is 1. The van der Waals surface area contributed by atoms with E-state index in [-0.39, 0.29) is 37.4 Å². The third-order valence-electron chi connectivity index (χ3n) is 5.73. The van der Waals surface area contributed by atoms with Crippen molar-refractivity contribution < 1.29 is 18.7 Å². The Morgan fingerprint density at radius 1 is 1.35 bits per heavy atom. The molecule has 31 heavy (non-hydrogen) atoms. The minimum atomic E-state index is -1.54. The van der Waals surface area contributed by atoms with Gasteiger partial charge in [0.25, 0.3) is 5.91 Å². The number of ether oxygens (including phenoxy) is 2. The number of hydrogen-bond donors (Lipinski definition) is 2. The summed E-state index contributed by atoms with van der Waals surface area (Å²) >= 11 is 0. The summed E-state index contributed by atoms with van der Waals surface area (Å²) in [5.74, 6) is -1.84. The van der Waals surface area contributed by atoms with Gasteiger partial charge in [-0.3, -0.25) is 4.79 Å². The zero-order chi connectivity index (χ0) is 22.0. The lowest BCUT2D eigenvalue weighted by atomic mass is 9.82. The highest BCUT2D eigenvalue weighted by Crippen LogP contribution is 2.40. The largest absolute Gasteiger partial charge is 0.488 e. The molecule has 3 N–H and O–H groups in total. The second kappa shape index (κ2) is 8.31. The first kappa shape index (κ1) is 20.7. The fourth-order valence-electron chi connectivity index (χ4n) is 4.02. The molecule has 1 aromatic carbocycles. The fraction of sp³-hybridized carbons (Fsp3) is 0.364. The molecule has 0 saturated carbocycles. The van der Waals surface area contributed by atoms with E-state index in [9.17, 15) is 10.1 Å². The summed E-state index contributed by atoms with van der Waals surface area (Å²) < 4.78 is 26.6. The Labute approximate surface area is 178 Å². The van der Waals surface area contributed by atoms with E-state index in [1.807, 2.05) is 6.07 Å². The van der Waals surface area contributed by atoms with E-state index in [0.717, 1.165) is 5.56 Å². The van der Waals surface area contributed by atoms with Crippen LogP contribution in [0.5, 0.6) is 5.75 Å². The number of nitrogens with zero attached hydrogens (tertiary/aromatic N) is 3. The number of carbonyl (C=O) groups is 1. The number of benzene rings is 1. The number of amides is 1. The average molecular weight is 421 g/mol. The van der Waals surface area contributed by atoms with Gasteiger partial charge in [0.2, 0.25) is 0 Å². The number of hydrogen-bond acceptors (Lipinski definition) is 7. The monoisotopic (exact) mass is 421 g/mol. The van der Waals surface area contributed by atoms with E-state index < -0.39 is 23.2 Å². The minimum absolute atomic E-state index is 0.0674. The molecule has 0 aliphatic carbocycles. The summed E-state index contributed by atoms with van der Waals surface area (Å²) in [6, 6.07) is 8.54. The number of primary amides is 1. The summed E-state index contributed by atoms with van der Waals surface area (Å²) in [5, 5.41) is 21.9. The molecule has 158 valence electrons. The maximum Gasteiger partial charge on any atom is 0.252 e. The van der Waals surface area contributed by atoms with Crippen LogP contribution in [-0.2, 0) is 22.6 Å². The van der Waals surface area contributed by atoms with Crippen LogP contribution in [0.2, 0.25) is 0 Å². The van der Waals surface area contributed by atoms with Gasteiger partial charge >= 0.3 is 0 Å². The summed E-state index contributed by atoms with van der Waals surface area (Å²) in [7, 11) is 0. The van der Waals surface area contributed by atoms with Crippen LogP contribution in [0.1, 0.15) is 23.2 Å². The number of carbonyl (C=O) groups excluding carboxylic acids is 1. The number of fused-ring (bicyclic) bond motifs is 3. The van der Waals surface area contributed by atoms with Crippen molar-refractivity contribution in [3.8, 4) is 29.0 Å². The van der Waals surface area contributed by atoms with Gasteiger partial charge in [-0.2, -0.15) is 10.5 Å². The topological polar surface area (TPSA) is 134 Å². The zero-order valence-corrected chi connectivity index (χ0v) is 16.7. The second-order valence-electron chi connectivity index (χ2n) is 7.59. The lowest BCUT2D eigenvalue weighted by Gasteiger charge is -2.33. The smallest absolute Gasteiger partial charge is 0.252 e. The maximum absolute atomic E-state index is 15.1. The van der Waals surface area contributed by atoms with Crippen molar-refractivity contribution in [1.29, 1.82) is 10.5 Å². The van der Waals surface area contributed by atoms with E-state index in [4.69, 9.17) is 20.5 Å². The van der Waals surface area contributed by atoms with Crippen LogP contribution in [0.25, 0.3) is 11.1 Å². The van der Waals surface area contributed by atoms with Crippen LogP contribution < -0.4 is 15.8 Å². The SMILES string of the molecule is N#Cc1cc2c(cn1)-c1cc(F)c(C[C@@H](C#N)C3(C(N)=O)CNCCCO3)cc1OC2. The molecule has 9 heteroatoms. The maximum atomic E-state index is 15.1. The Bertz CT molecular complexity index is 1110. The molecule has 2 atom stereocenters.